The average molecular weight is 365 g/mol. The van der Waals surface area contributed by atoms with Crippen molar-refractivity contribution < 1.29 is 0 Å². The summed E-state index contributed by atoms with van der Waals surface area (Å²) in [6.45, 7) is 2.04. The molecule has 2 heterocycles. The Kier molecular flexibility index (Phi) is 3.90. The van der Waals surface area contributed by atoms with Crippen molar-refractivity contribution >= 4 is 50.6 Å². The van der Waals surface area contributed by atoms with Crippen LogP contribution in [0.4, 0.5) is 5.82 Å². The van der Waals surface area contributed by atoms with Gasteiger partial charge >= 0.3 is 0 Å². The highest BCUT2D eigenvalue weighted by molar-refractivity contribution is 9.10. The number of hydrogen-bond donors (Lipinski definition) is 2. The molecule has 0 aliphatic heterocycles. The molecule has 7 heteroatoms. The molecule has 0 atom stereocenters. The molecule has 0 aliphatic carbocycles. The molecule has 0 saturated carbocycles. The Morgan fingerprint density at radius 3 is 3.05 bits per heavy atom. The van der Waals surface area contributed by atoms with Gasteiger partial charge in [0.05, 0.1) is 10.7 Å². The minimum absolute atomic E-state index is 0.163. The van der Waals surface area contributed by atoms with Crippen molar-refractivity contribution in [2.24, 2.45) is 5.10 Å². The molecule has 0 spiro atoms. The van der Waals surface area contributed by atoms with Crippen molar-refractivity contribution in [3.8, 4) is 0 Å². The first-order chi connectivity index (χ1) is 10.1. The quantitative estimate of drug-likeness (QED) is 0.417. The number of aryl methyl sites for hydroxylation is 1. The Labute approximate surface area is 134 Å². The van der Waals surface area contributed by atoms with Gasteiger partial charge in [-0.3, -0.25) is 5.43 Å². The van der Waals surface area contributed by atoms with Gasteiger partial charge in [0.1, 0.15) is 11.0 Å². The topological polar surface area (TPSA) is 66.0 Å². The van der Waals surface area contributed by atoms with Gasteiger partial charge in [0, 0.05) is 6.20 Å². The van der Waals surface area contributed by atoms with E-state index in [0.717, 1.165) is 15.6 Å². The number of fused-ring (bicyclic) bond motifs is 1. The maximum absolute atomic E-state index is 5.92. The van der Waals surface area contributed by atoms with Crippen molar-refractivity contribution in [1.29, 1.82) is 0 Å². The van der Waals surface area contributed by atoms with Gasteiger partial charge in [-0.1, -0.05) is 29.8 Å². The molecular weight excluding hydrogens is 354 g/mol. The zero-order valence-electron chi connectivity index (χ0n) is 11.1. The second kappa shape index (κ2) is 5.83. The van der Waals surface area contributed by atoms with Crippen LogP contribution in [0.3, 0.4) is 0 Å². The highest BCUT2D eigenvalue weighted by atomic mass is 79.9. The molecule has 21 heavy (non-hydrogen) atoms. The Morgan fingerprint density at radius 1 is 1.38 bits per heavy atom. The summed E-state index contributed by atoms with van der Waals surface area (Å²) in [5.74, 6) is 0.527. The number of aromatic amines is 1. The van der Waals surface area contributed by atoms with E-state index in [0.29, 0.717) is 11.3 Å². The van der Waals surface area contributed by atoms with Crippen LogP contribution in [0.15, 0.2) is 40.0 Å². The number of rotatable bonds is 3. The highest BCUT2D eigenvalue weighted by Crippen LogP contribution is 2.27. The number of benzene rings is 1. The van der Waals surface area contributed by atoms with Gasteiger partial charge in [-0.2, -0.15) is 10.1 Å². The average Bonchev–Trinajstić information content (AvgIpc) is 2.81. The number of hydrogen-bond acceptors (Lipinski definition) is 4. The molecule has 106 valence electrons. The fourth-order valence-electron chi connectivity index (χ4n) is 1.95. The minimum Gasteiger partial charge on any atom is -0.356 e. The molecule has 5 nitrogen and oxygen atoms in total. The lowest BCUT2D eigenvalue weighted by molar-refractivity contribution is 1.18. The lowest BCUT2D eigenvalue weighted by Gasteiger charge is -2.02. The van der Waals surface area contributed by atoms with Crippen molar-refractivity contribution in [2.45, 2.75) is 6.92 Å². The maximum atomic E-state index is 5.92. The molecule has 0 unspecified atom stereocenters. The van der Waals surface area contributed by atoms with Crippen LogP contribution in [-0.4, -0.2) is 21.2 Å². The second-order valence-corrected chi connectivity index (χ2v) is 5.68. The van der Waals surface area contributed by atoms with Crippen LogP contribution >= 0.6 is 27.5 Å². The molecule has 3 rings (SSSR count). The van der Waals surface area contributed by atoms with E-state index in [9.17, 15) is 0 Å². The lowest BCUT2D eigenvalue weighted by atomic mass is 10.2. The summed E-state index contributed by atoms with van der Waals surface area (Å²) < 4.78 is 0.826. The SMILES string of the molecule is Cc1cccc(C=NNc2nc(Cl)nc3c(Br)c[nH]c23)c1. The van der Waals surface area contributed by atoms with Gasteiger partial charge in [-0.25, -0.2) is 4.98 Å². The highest BCUT2D eigenvalue weighted by Gasteiger charge is 2.10. The Balaban J connectivity index is 1.88. The third kappa shape index (κ3) is 3.06. The summed E-state index contributed by atoms with van der Waals surface area (Å²) in [5, 5.41) is 4.36. The lowest BCUT2D eigenvalue weighted by Crippen LogP contribution is -1.97. The first-order valence-corrected chi connectivity index (χ1v) is 7.36. The summed E-state index contributed by atoms with van der Waals surface area (Å²) >= 11 is 9.32. The fourth-order valence-corrected chi connectivity index (χ4v) is 2.52. The first kappa shape index (κ1) is 14.0. The monoisotopic (exact) mass is 363 g/mol. The number of aromatic nitrogens is 3. The zero-order chi connectivity index (χ0) is 14.8. The van der Waals surface area contributed by atoms with Crippen molar-refractivity contribution in [3.63, 3.8) is 0 Å². The summed E-state index contributed by atoms with van der Waals surface area (Å²) in [4.78, 5) is 11.4. The van der Waals surface area contributed by atoms with Crippen LogP contribution in [0, 0.1) is 6.92 Å². The first-order valence-electron chi connectivity index (χ1n) is 6.19. The number of H-pyrrole nitrogens is 1. The molecule has 0 bridgehead atoms. The van der Waals surface area contributed by atoms with E-state index in [2.05, 4.69) is 41.4 Å². The summed E-state index contributed by atoms with van der Waals surface area (Å²) in [7, 11) is 0. The van der Waals surface area contributed by atoms with E-state index >= 15 is 0 Å². The number of halogens is 2. The Bertz CT molecular complexity index is 827. The van der Waals surface area contributed by atoms with Gasteiger partial charge in [-0.05, 0) is 40.0 Å². The number of nitrogens with zero attached hydrogens (tertiary/aromatic N) is 3. The normalized spacial score (nSPS) is 11.4. The Morgan fingerprint density at radius 2 is 2.24 bits per heavy atom. The molecule has 2 N–H and O–H groups in total. The number of nitrogens with one attached hydrogen (secondary N) is 2. The van der Waals surface area contributed by atoms with Crippen LogP contribution in [0.2, 0.25) is 5.28 Å². The van der Waals surface area contributed by atoms with Crippen molar-refractivity contribution in [2.75, 3.05) is 5.43 Å². The molecule has 0 fully saturated rings. The second-order valence-electron chi connectivity index (χ2n) is 4.49. The van der Waals surface area contributed by atoms with Crippen LogP contribution < -0.4 is 5.43 Å². The van der Waals surface area contributed by atoms with Gasteiger partial charge in [0.2, 0.25) is 5.28 Å². The summed E-state index contributed by atoms with van der Waals surface area (Å²) in [6.07, 6.45) is 3.51. The van der Waals surface area contributed by atoms with E-state index in [4.69, 9.17) is 11.6 Å². The van der Waals surface area contributed by atoms with Crippen LogP contribution in [0.25, 0.3) is 11.0 Å². The Hall–Kier alpha value is -1.92. The molecular formula is C14H11BrClN5. The van der Waals surface area contributed by atoms with Crippen LogP contribution in [0.1, 0.15) is 11.1 Å². The van der Waals surface area contributed by atoms with E-state index < -0.39 is 0 Å². The number of anilines is 1. The predicted molar refractivity (Wildman–Crippen MR) is 89.0 cm³/mol. The molecule has 1 aromatic carbocycles. The molecule has 3 aromatic rings. The van der Waals surface area contributed by atoms with Crippen LogP contribution in [-0.2, 0) is 0 Å². The zero-order valence-corrected chi connectivity index (χ0v) is 13.4. The largest absolute Gasteiger partial charge is 0.356 e. The van der Waals surface area contributed by atoms with Gasteiger partial charge < -0.3 is 4.98 Å². The fraction of sp³-hybridized carbons (Fsp3) is 0.0714. The molecule has 0 amide bonds. The minimum atomic E-state index is 0.163. The van der Waals surface area contributed by atoms with Crippen molar-refractivity contribution in [1.82, 2.24) is 15.0 Å². The van der Waals surface area contributed by atoms with E-state index in [1.165, 1.54) is 5.56 Å². The van der Waals surface area contributed by atoms with E-state index in [1.807, 2.05) is 31.2 Å². The molecule has 0 saturated heterocycles. The van der Waals surface area contributed by atoms with Crippen LogP contribution in [0.5, 0.6) is 0 Å². The third-order valence-corrected chi connectivity index (χ3v) is 3.65. The third-order valence-electron chi connectivity index (χ3n) is 2.88. The molecule has 2 aromatic heterocycles. The van der Waals surface area contributed by atoms with Gasteiger partial charge in [0.15, 0.2) is 5.82 Å². The standard InChI is InChI=1S/C14H11BrClN5/c1-8-3-2-4-9(5-8)6-18-21-13-12-11(10(15)7-17-12)19-14(16)20-13/h2-7,17H,1H3,(H,19,20,21). The van der Waals surface area contributed by atoms with Gasteiger partial charge in [-0.15, -0.1) is 0 Å². The van der Waals surface area contributed by atoms with E-state index in [-0.39, 0.29) is 5.28 Å². The van der Waals surface area contributed by atoms with Gasteiger partial charge in [0.25, 0.3) is 0 Å². The summed E-state index contributed by atoms with van der Waals surface area (Å²) in [6, 6.07) is 8.04. The summed E-state index contributed by atoms with van der Waals surface area (Å²) in [5.41, 5.74) is 6.53. The van der Waals surface area contributed by atoms with Crippen molar-refractivity contribution in [3.05, 3.63) is 51.3 Å². The molecule has 0 aliphatic rings. The number of hydrazone groups is 1. The smallest absolute Gasteiger partial charge is 0.225 e. The maximum Gasteiger partial charge on any atom is 0.225 e. The van der Waals surface area contributed by atoms with E-state index in [1.54, 1.807) is 12.4 Å². The molecule has 0 radical (unpaired) electrons. The predicted octanol–water partition coefficient (Wildman–Crippen LogP) is 4.13.